The first-order chi connectivity index (χ1) is 14.5. The second kappa shape index (κ2) is 8.94. The van der Waals surface area contributed by atoms with Gasteiger partial charge in [0.05, 0.1) is 11.4 Å². The van der Waals surface area contributed by atoms with Crippen LogP contribution in [0, 0.1) is 6.92 Å². The molecule has 1 unspecified atom stereocenters. The summed E-state index contributed by atoms with van der Waals surface area (Å²) in [5, 5.41) is 12.5. The molecule has 13 heteroatoms. The zero-order chi connectivity index (χ0) is 22.8. The number of hydrogen-bond donors (Lipinski definition) is 2. The smallest absolute Gasteiger partial charge is 0.451 e. The zero-order valence-corrected chi connectivity index (χ0v) is 17.1. The van der Waals surface area contributed by atoms with E-state index in [0.29, 0.717) is 17.0 Å². The third kappa shape index (κ3) is 5.52. The minimum absolute atomic E-state index is 0.00476. The molecule has 0 bridgehead atoms. The number of hydrogen-bond acceptors (Lipinski definition) is 7. The lowest BCUT2D eigenvalue weighted by molar-refractivity contribution is -0.145. The van der Waals surface area contributed by atoms with Gasteiger partial charge in [-0.3, -0.25) is 0 Å². The average Bonchev–Trinajstić information content (AvgIpc) is 3.11. The van der Waals surface area contributed by atoms with Crippen LogP contribution in [0.15, 0.2) is 24.7 Å². The predicted octanol–water partition coefficient (Wildman–Crippen LogP) is 2.99. The number of nitrogens with one attached hydrogen (secondary N) is 1. The number of nitrogens with zero attached hydrogens (tertiary/aromatic N) is 6. The maximum atomic E-state index is 12.7. The fourth-order valence-electron chi connectivity index (χ4n) is 2.79. The second-order valence-electron chi connectivity index (χ2n) is 6.73. The third-order valence-corrected chi connectivity index (χ3v) is 4.40. The summed E-state index contributed by atoms with van der Waals surface area (Å²) in [6, 6.07) is 1.05. The van der Waals surface area contributed by atoms with Gasteiger partial charge in [-0.25, -0.2) is 29.7 Å². The molecule has 3 aromatic rings. The minimum Gasteiger partial charge on any atom is -0.475 e. The molecule has 0 spiro atoms. The fraction of sp³-hybridized carbons (Fsp3) is 0.333. The van der Waals surface area contributed by atoms with E-state index in [-0.39, 0.29) is 35.9 Å². The van der Waals surface area contributed by atoms with Crippen molar-refractivity contribution in [3.05, 3.63) is 52.8 Å². The minimum atomic E-state index is -4.63. The highest BCUT2D eigenvalue weighted by molar-refractivity contribution is 6.28. The van der Waals surface area contributed by atoms with Crippen molar-refractivity contribution >= 4 is 17.6 Å². The lowest BCUT2D eigenvalue weighted by atomic mass is 10.2. The molecule has 0 amide bonds. The number of carboxylic acid groups (broad SMARTS) is 1. The molecule has 0 aliphatic rings. The van der Waals surface area contributed by atoms with Crippen molar-refractivity contribution in [1.29, 1.82) is 0 Å². The number of alkyl halides is 3. The topological polar surface area (TPSA) is 119 Å². The van der Waals surface area contributed by atoms with Gasteiger partial charge in [0.1, 0.15) is 5.69 Å². The molecule has 0 aromatic carbocycles. The summed E-state index contributed by atoms with van der Waals surface area (Å²) >= 11 is 5.84. The molecular weight excluding hydrogens is 439 g/mol. The Labute approximate surface area is 179 Å². The van der Waals surface area contributed by atoms with Crippen molar-refractivity contribution in [3.63, 3.8) is 0 Å². The summed E-state index contributed by atoms with van der Waals surface area (Å²) in [4.78, 5) is 30.4. The van der Waals surface area contributed by atoms with E-state index in [1.165, 1.54) is 23.0 Å². The van der Waals surface area contributed by atoms with Crippen molar-refractivity contribution in [2.24, 2.45) is 0 Å². The van der Waals surface area contributed by atoms with E-state index in [1.54, 1.807) is 13.8 Å². The van der Waals surface area contributed by atoms with E-state index >= 15 is 0 Å². The van der Waals surface area contributed by atoms with Gasteiger partial charge in [0, 0.05) is 37.7 Å². The van der Waals surface area contributed by atoms with Crippen molar-refractivity contribution in [2.75, 3.05) is 0 Å². The predicted molar refractivity (Wildman–Crippen MR) is 103 cm³/mol. The Kier molecular flexibility index (Phi) is 6.51. The van der Waals surface area contributed by atoms with Crippen LogP contribution in [0.3, 0.4) is 0 Å². The average molecular weight is 456 g/mol. The van der Waals surface area contributed by atoms with Crippen LogP contribution in [0.4, 0.5) is 13.2 Å². The molecule has 0 radical (unpaired) electrons. The van der Waals surface area contributed by atoms with E-state index in [9.17, 15) is 23.1 Å². The van der Waals surface area contributed by atoms with Gasteiger partial charge in [-0.1, -0.05) is 0 Å². The molecule has 1 atom stereocenters. The van der Waals surface area contributed by atoms with Crippen molar-refractivity contribution in [1.82, 2.24) is 34.8 Å². The van der Waals surface area contributed by atoms with Crippen LogP contribution in [-0.2, 0) is 19.3 Å². The van der Waals surface area contributed by atoms with Gasteiger partial charge >= 0.3 is 12.1 Å². The van der Waals surface area contributed by atoms with E-state index in [2.05, 4.69) is 30.2 Å². The highest BCUT2D eigenvalue weighted by Gasteiger charge is 2.34. The number of aryl methyl sites for hydroxylation is 1. The molecule has 0 aliphatic carbocycles. The number of imidazole rings is 1. The Morgan fingerprint density at radius 1 is 1.29 bits per heavy atom. The standard InChI is InChI=1S/C18H17ClF3N7O2/c1-9-5-25-17(19)28-13(9)12-8-29(14(27-12)15(30)31)7-10(2)24-6-11-3-4-23-16(26-11)18(20,21)22/h3-5,8,10,24H,6-7H2,1-2H3,(H,30,31). The van der Waals surface area contributed by atoms with Crippen LogP contribution in [0.1, 0.15) is 34.6 Å². The van der Waals surface area contributed by atoms with Gasteiger partial charge in [-0.15, -0.1) is 0 Å². The molecule has 9 nitrogen and oxygen atoms in total. The molecule has 0 saturated heterocycles. The Morgan fingerprint density at radius 3 is 2.71 bits per heavy atom. The number of aromatic nitrogens is 6. The largest absolute Gasteiger partial charge is 0.475 e. The first kappa shape index (κ1) is 22.6. The fourth-order valence-corrected chi connectivity index (χ4v) is 2.92. The molecule has 3 aromatic heterocycles. The van der Waals surface area contributed by atoms with E-state index in [0.717, 1.165) is 6.20 Å². The van der Waals surface area contributed by atoms with Crippen molar-refractivity contribution in [2.45, 2.75) is 39.2 Å². The number of carboxylic acids is 1. The monoisotopic (exact) mass is 455 g/mol. The lowest BCUT2D eigenvalue weighted by Crippen LogP contribution is -2.31. The molecule has 2 N–H and O–H groups in total. The second-order valence-corrected chi connectivity index (χ2v) is 7.07. The summed E-state index contributed by atoms with van der Waals surface area (Å²) in [5.74, 6) is -2.66. The summed E-state index contributed by atoms with van der Waals surface area (Å²) in [6.45, 7) is 3.72. The first-order valence-corrected chi connectivity index (χ1v) is 9.35. The maximum absolute atomic E-state index is 12.7. The van der Waals surface area contributed by atoms with Crippen LogP contribution in [0.25, 0.3) is 11.4 Å². The van der Waals surface area contributed by atoms with Gasteiger partial charge in [-0.05, 0) is 37.1 Å². The van der Waals surface area contributed by atoms with Crippen LogP contribution >= 0.6 is 11.6 Å². The Balaban J connectivity index is 1.75. The van der Waals surface area contributed by atoms with E-state index in [1.807, 2.05) is 0 Å². The quantitative estimate of drug-likeness (QED) is 0.522. The van der Waals surface area contributed by atoms with Gasteiger partial charge in [0.25, 0.3) is 0 Å². The zero-order valence-electron chi connectivity index (χ0n) is 16.4. The Hall–Kier alpha value is -3.12. The van der Waals surface area contributed by atoms with Gasteiger partial charge < -0.3 is 15.0 Å². The van der Waals surface area contributed by atoms with Crippen LogP contribution < -0.4 is 5.32 Å². The van der Waals surface area contributed by atoms with Crippen molar-refractivity contribution < 1.29 is 23.1 Å². The first-order valence-electron chi connectivity index (χ1n) is 8.97. The van der Waals surface area contributed by atoms with Gasteiger partial charge in [0.15, 0.2) is 0 Å². The highest BCUT2D eigenvalue weighted by atomic mass is 35.5. The Morgan fingerprint density at radius 2 is 2.03 bits per heavy atom. The molecule has 164 valence electrons. The van der Waals surface area contributed by atoms with E-state index < -0.39 is 18.0 Å². The number of aromatic carboxylic acids is 1. The number of rotatable bonds is 7. The maximum Gasteiger partial charge on any atom is 0.451 e. The van der Waals surface area contributed by atoms with Gasteiger partial charge in [-0.2, -0.15) is 13.2 Å². The molecule has 0 saturated carbocycles. The third-order valence-electron chi connectivity index (χ3n) is 4.22. The summed E-state index contributed by atoms with van der Waals surface area (Å²) in [7, 11) is 0. The molecule has 0 fully saturated rings. The number of carbonyl (C=O) groups is 1. The van der Waals surface area contributed by atoms with Crippen molar-refractivity contribution in [3.8, 4) is 11.4 Å². The summed E-state index contributed by atoms with van der Waals surface area (Å²) < 4.78 is 39.6. The van der Waals surface area contributed by atoms with Crippen LogP contribution in [-0.4, -0.2) is 46.6 Å². The Bertz CT molecular complexity index is 1100. The lowest BCUT2D eigenvalue weighted by Gasteiger charge is -2.15. The highest BCUT2D eigenvalue weighted by Crippen LogP contribution is 2.25. The normalized spacial score (nSPS) is 12.7. The van der Waals surface area contributed by atoms with Gasteiger partial charge in [0.2, 0.25) is 16.9 Å². The molecule has 31 heavy (non-hydrogen) atoms. The summed E-state index contributed by atoms with van der Waals surface area (Å²) in [5.41, 5.74) is 1.55. The molecule has 3 rings (SSSR count). The SMILES string of the molecule is Cc1cnc(Cl)nc1-c1cn(CC(C)NCc2ccnc(C(F)(F)F)n2)c(C(=O)O)n1. The molecule has 3 heterocycles. The van der Waals surface area contributed by atoms with Crippen LogP contribution in [0.2, 0.25) is 5.28 Å². The number of halogens is 4. The van der Waals surface area contributed by atoms with Crippen LogP contribution in [0.5, 0.6) is 0 Å². The van der Waals surface area contributed by atoms with E-state index in [4.69, 9.17) is 11.6 Å². The molecule has 0 aliphatic heterocycles. The summed E-state index contributed by atoms with van der Waals surface area (Å²) in [6.07, 6.45) is -0.560. The molecular formula is C18H17ClF3N7O2.